The van der Waals surface area contributed by atoms with Crippen molar-refractivity contribution in [2.45, 2.75) is 53.5 Å². The zero-order valence-electron chi connectivity index (χ0n) is 13.5. The van der Waals surface area contributed by atoms with E-state index >= 15 is 0 Å². The molecule has 2 N–H and O–H groups in total. The molecule has 0 saturated carbocycles. The summed E-state index contributed by atoms with van der Waals surface area (Å²) < 4.78 is 0. The van der Waals surface area contributed by atoms with Gasteiger partial charge in [0.15, 0.2) is 0 Å². The molecule has 0 unspecified atom stereocenters. The van der Waals surface area contributed by atoms with Crippen molar-refractivity contribution in [3.63, 3.8) is 0 Å². The van der Waals surface area contributed by atoms with E-state index in [-0.39, 0.29) is 164 Å². The third-order valence-electron chi connectivity index (χ3n) is 2.22. The summed E-state index contributed by atoms with van der Waals surface area (Å²) in [6, 6.07) is 1.63. The van der Waals surface area contributed by atoms with E-state index in [1.165, 1.54) is 5.06 Å². The van der Waals surface area contributed by atoms with Gasteiger partial charge in [-0.3, -0.25) is 12.6 Å². The first kappa shape index (κ1) is 40.2. The Bertz CT molecular complexity index is 198. The number of rotatable bonds is 6. The fourth-order valence-corrected chi connectivity index (χ4v) is 1.18. The maximum atomic E-state index is 9.78. The smallest absolute Gasteiger partial charge is 0 e. The predicted octanol–water partition coefficient (Wildman–Crippen LogP) is 2.83. The summed E-state index contributed by atoms with van der Waals surface area (Å²) in [4.78, 5) is 0. The molecule has 4 nitrogen and oxygen atoms in total. The number of hydroxylamine groups is 4. The van der Waals surface area contributed by atoms with Crippen LogP contribution in [0, 0.1) is 18.6 Å². The van der Waals surface area contributed by atoms with Gasteiger partial charge in [-0.1, -0.05) is 0 Å². The van der Waals surface area contributed by atoms with E-state index in [0.29, 0.717) is 6.42 Å². The summed E-state index contributed by atoms with van der Waals surface area (Å²) in [6.45, 7) is 12.8. The quantitative estimate of drug-likeness (QED) is 0.341. The fraction of sp³-hybridized carbons (Fsp3) is 0.727. The summed E-state index contributed by atoms with van der Waals surface area (Å²) in [7, 11) is 0. The molecule has 0 amide bonds. The molecule has 0 aromatic rings. The first-order valence-corrected chi connectivity index (χ1v) is 5.09. The van der Waals surface area contributed by atoms with Gasteiger partial charge < -0.3 is 20.5 Å². The van der Waals surface area contributed by atoms with E-state index in [1.807, 2.05) is 41.5 Å². The van der Waals surface area contributed by atoms with Gasteiger partial charge in [-0.2, -0.15) is 27.7 Å². The number of nitrogens with zero attached hydrogens (tertiary/aromatic N) is 2. The zero-order chi connectivity index (χ0) is 12.2. The van der Waals surface area contributed by atoms with Crippen molar-refractivity contribution in [1.82, 2.24) is 10.1 Å². The van der Waals surface area contributed by atoms with Crippen LogP contribution in [0.3, 0.4) is 0 Å². The summed E-state index contributed by atoms with van der Waals surface area (Å²) in [5, 5.41) is 21.5. The minimum atomic E-state index is -0.421. The Labute approximate surface area is 250 Å². The van der Waals surface area contributed by atoms with Gasteiger partial charge in [0.25, 0.3) is 0 Å². The molecule has 0 aromatic carbocycles. The molecule has 5 radical (unpaired) electrons. The molecule has 0 saturated heterocycles. The minimum Gasteiger partial charge on any atom is -0.488 e. The molecular formula is C11H23N2O2Y5-3. The van der Waals surface area contributed by atoms with Gasteiger partial charge in [0.1, 0.15) is 0 Å². The van der Waals surface area contributed by atoms with E-state index in [9.17, 15) is 10.4 Å². The molecule has 0 fully saturated rings. The van der Waals surface area contributed by atoms with Gasteiger partial charge >= 0.3 is 0 Å². The van der Waals surface area contributed by atoms with Gasteiger partial charge in [-0.05, 0) is 19.4 Å². The second-order valence-corrected chi connectivity index (χ2v) is 4.75. The third-order valence-corrected chi connectivity index (χ3v) is 2.22. The van der Waals surface area contributed by atoms with Gasteiger partial charge in [-0.15, -0.1) is 6.42 Å². The number of hydrogen-bond acceptors (Lipinski definition) is 4. The van der Waals surface area contributed by atoms with E-state index < -0.39 is 5.54 Å². The average Bonchev–Trinajstić information content (AvgIpc) is 2.12. The van der Waals surface area contributed by atoms with Crippen LogP contribution in [-0.2, 0) is 164 Å². The molecule has 0 atom stereocenters. The molecule has 0 spiro atoms. The van der Waals surface area contributed by atoms with Crippen molar-refractivity contribution in [3.8, 4) is 0 Å². The van der Waals surface area contributed by atoms with E-state index in [1.54, 1.807) is 6.54 Å². The van der Waals surface area contributed by atoms with Gasteiger partial charge in [0.2, 0.25) is 0 Å². The predicted molar refractivity (Wildman–Crippen MR) is 59.4 cm³/mol. The van der Waals surface area contributed by atoms with Crippen LogP contribution >= 0.6 is 0 Å². The molecule has 20 heavy (non-hydrogen) atoms. The van der Waals surface area contributed by atoms with Crippen LogP contribution in [0.4, 0.5) is 0 Å². The zero-order valence-corrected chi connectivity index (χ0v) is 27.7. The molecule has 0 bridgehead atoms. The first-order valence-electron chi connectivity index (χ1n) is 5.09. The van der Waals surface area contributed by atoms with E-state index in [0.717, 1.165) is 17.1 Å². The average molecular weight is 660 g/mol. The van der Waals surface area contributed by atoms with Crippen molar-refractivity contribution in [2.75, 3.05) is 0 Å². The van der Waals surface area contributed by atoms with Crippen LogP contribution in [0.15, 0.2) is 0 Å². The second-order valence-electron chi connectivity index (χ2n) is 4.75. The fourth-order valence-electron chi connectivity index (χ4n) is 1.18. The Kier molecular flexibility index (Phi) is 41.5. The maximum absolute atomic E-state index is 9.78. The summed E-state index contributed by atoms with van der Waals surface area (Å²) in [5.41, 5.74) is -0.421. The molecule has 0 aliphatic heterocycles. The van der Waals surface area contributed by atoms with Gasteiger partial charge in [0.05, 0.1) is 0 Å². The first-order chi connectivity index (χ1) is 6.68. The standard InChI is InChI=1S/C11H23N2O2.5Y/c1-9(2)12(14)8-7-11(5,6)13(15)10(3)4;;;;;/h8,14-15H,7H2,1-6H3;;;;;/q-3;;;;;. The van der Waals surface area contributed by atoms with Crippen molar-refractivity contribution in [1.29, 1.82) is 0 Å². The Morgan fingerprint density at radius 2 is 1.20 bits per heavy atom. The number of hydrogen-bond donors (Lipinski definition) is 2. The van der Waals surface area contributed by atoms with Crippen LogP contribution in [0.2, 0.25) is 0 Å². The van der Waals surface area contributed by atoms with Crippen molar-refractivity contribution in [2.24, 2.45) is 0 Å². The van der Waals surface area contributed by atoms with Crippen LogP contribution in [-0.4, -0.2) is 26.1 Å². The van der Waals surface area contributed by atoms with Gasteiger partial charge in [0, 0.05) is 164 Å². The van der Waals surface area contributed by atoms with Crippen LogP contribution < -0.4 is 0 Å². The van der Waals surface area contributed by atoms with Crippen LogP contribution in [0.1, 0.15) is 48.0 Å². The maximum Gasteiger partial charge on any atom is 0 e. The minimum absolute atomic E-state index is 0. The Hall–Kier alpha value is 5.36. The van der Waals surface area contributed by atoms with Crippen molar-refractivity contribution >= 4 is 0 Å². The Morgan fingerprint density at radius 1 is 0.850 bits per heavy atom. The van der Waals surface area contributed by atoms with Crippen molar-refractivity contribution < 1.29 is 174 Å². The van der Waals surface area contributed by atoms with Crippen LogP contribution in [0.5, 0.6) is 0 Å². The Morgan fingerprint density at radius 3 is 1.45 bits per heavy atom. The molecule has 107 valence electrons. The molecule has 0 heterocycles. The van der Waals surface area contributed by atoms with Crippen molar-refractivity contribution in [3.05, 3.63) is 18.6 Å². The molecular weight excluding hydrogens is 637 g/mol. The van der Waals surface area contributed by atoms with E-state index in [2.05, 4.69) is 0 Å². The molecule has 9 heteroatoms. The third kappa shape index (κ3) is 18.2. The summed E-state index contributed by atoms with van der Waals surface area (Å²) in [5.74, 6) is 0. The molecule has 0 aliphatic rings. The Balaban J connectivity index is -0.0000000980. The largest absolute Gasteiger partial charge is 0.488 e. The second kappa shape index (κ2) is 20.7. The SMILES string of the molecule is C[C-](C)N(O)[CH-]CC(C)(C)N(O)[C-](C)C.[Y].[Y].[Y].[Y].[Y]. The monoisotopic (exact) mass is 660 g/mol. The normalized spacial score (nSPS) is 10.2. The van der Waals surface area contributed by atoms with Crippen LogP contribution in [0.25, 0.3) is 0 Å². The van der Waals surface area contributed by atoms with E-state index in [4.69, 9.17) is 0 Å². The topological polar surface area (TPSA) is 46.9 Å². The molecule has 0 aliphatic carbocycles. The molecule has 0 aromatic heterocycles. The van der Waals surface area contributed by atoms with Gasteiger partial charge in [-0.25, -0.2) is 6.04 Å². The summed E-state index contributed by atoms with van der Waals surface area (Å²) >= 11 is 0. The summed E-state index contributed by atoms with van der Waals surface area (Å²) in [6.07, 6.45) is 0.552. The molecule has 0 rings (SSSR count).